The number of imidazole rings is 1. The Morgan fingerprint density at radius 2 is 2.16 bits per heavy atom. The number of primary amides is 1. The molecule has 2 N–H and O–H groups in total. The minimum absolute atomic E-state index is 0.117. The maximum atomic E-state index is 13.6. The highest BCUT2D eigenvalue weighted by Crippen LogP contribution is 2.28. The Hall–Kier alpha value is -1.62. The van der Waals surface area contributed by atoms with E-state index in [9.17, 15) is 9.18 Å². The van der Waals surface area contributed by atoms with E-state index < -0.39 is 11.4 Å². The van der Waals surface area contributed by atoms with E-state index in [0.29, 0.717) is 22.4 Å². The third-order valence-electron chi connectivity index (χ3n) is 3.29. The molecule has 1 heterocycles. The lowest BCUT2D eigenvalue weighted by atomic mass is 10.0. The normalized spacial score (nSPS) is 12.1. The second kappa shape index (κ2) is 4.49. The number of hydrogen-bond acceptors (Lipinski definition) is 2. The van der Waals surface area contributed by atoms with Gasteiger partial charge in [0.05, 0.1) is 16.9 Å². The van der Waals surface area contributed by atoms with Crippen LogP contribution < -0.4 is 5.73 Å². The molecule has 2 aromatic rings. The first-order valence-electron chi connectivity index (χ1n) is 5.83. The van der Waals surface area contributed by atoms with Crippen molar-refractivity contribution in [3.8, 4) is 0 Å². The van der Waals surface area contributed by atoms with Crippen LogP contribution in [-0.2, 0) is 16.2 Å². The molecule has 0 aliphatic carbocycles. The highest BCUT2D eigenvalue weighted by Gasteiger charge is 2.31. The molecule has 0 atom stereocenters. The summed E-state index contributed by atoms with van der Waals surface area (Å²) in [6.45, 7) is 5.03. The molecule has 0 spiro atoms. The van der Waals surface area contributed by atoms with Crippen LogP contribution in [0.5, 0.6) is 0 Å². The van der Waals surface area contributed by atoms with Crippen molar-refractivity contribution in [1.82, 2.24) is 9.55 Å². The number of rotatable bonds is 3. The lowest BCUT2D eigenvalue weighted by Gasteiger charge is -2.25. The number of aromatic nitrogens is 2. The lowest BCUT2D eigenvalue weighted by molar-refractivity contribution is -0.125. The van der Waals surface area contributed by atoms with Crippen LogP contribution in [0.25, 0.3) is 11.0 Å². The van der Waals surface area contributed by atoms with Gasteiger partial charge in [0.25, 0.3) is 0 Å². The zero-order valence-corrected chi connectivity index (χ0v) is 11.8. The number of nitrogens with zero attached hydrogens (tertiary/aromatic N) is 2. The Kier molecular flexibility index (Phi) is 3.26. The average Bonchev–Trinajstić information content (AvgIpc) is 2.67. The molecule has 0 aliphatic rings. The zero-order chi connectivity index (χ0) is 14.4. The number of amides is 1. The van der Waals surface area contributed by atoms with Crippen molar-refractivity contribution in [2.75, 3.05) is 0 Å². The summed E-state index contributed by atoms with van der Waals surface area (Å²) in [6.07, 6.45) is 0. The predicted molar refractivity (Wildman–Crippen MR) is 72.5 cm³/mol. The molecule has 0 aliphatic heterocycles. The highest BCUT2D eigenvalue weighted by molar-refractivity contribution is 6.17. The Labute approximate surface area is 115 Å². The zero-order valence-electron chi connectivity index (χ0n) is 11.0. The largest absolute Gasteiger partial charge is 0.368 e. The van der Waals surface area contributed by atoms with Crippen LogP contribution in [0, 0.1) is 12.7 Å². The van der Waals surface area contributed by atoms with Crippen LogP contribution in [-0.4, -0.2) is 15.5 Å². The maximum Gasteiger partial charge on any atom is 0.243 e. The summed E-state index contributed by atoms with van der Waals surface area (Å²) in [5, 5.41) is 0. The summed E-state index contributed by atoms with van der Waals surface area (Å²) < 4.78 is 15.2. The molecule has 0 unspecified atom stereocenters. The molecule has 0 saturated carbocycles. The second-order valence-electron chi connectivity index (χ2n) is 5.01. The van der Waals surface area contributed by atoms with E-state index in [4.69, 9.17) is 17.3 Å². The number of fused-ring (bicyclic) bond motifs is 1. The molecule has 0 saturated heterocycles. The number of carbonyl (C=O) groups is 1. The maximum absolute atomic E-state index is 13.6. The van der Waals surface area contributed by atoms with Gasteiger partial charge < -0.3 is 10.3 Å². The van der Waals surface area contributed by atoms with E-state index in [1.165, 1.54) is 6.07 Å². The third-order valence-corrected chi connectivity index (χ3v) is 3.52. The second-order valence-corrected chi connectivity index (χ2v) is 5.28. The van der Waals surface area contributed by atoms with Crippen molar-refractivity contribution in [3.63, 3.8) is 0 Å². The molecule has 2 rings (SSSR count). The lowest BCUT2D eigenvalue weighted by Crippen LogP contribution is -2.41. The van der Waals surface area contributed by atoms with E-state index in [2.05, 4.69) is 4.98 Å². The number of halogens is 2. The number of alkyl halides is 1. The van der Waals surface area contributed by atoms with Crippen LogP contribution in [0.2, 0.25) is 0 Å². The summed E-state index contributed by atoms with van der Waals surface area (Å²) in [6, 6.07) is 2.99. The van der Waals surface area contributed by atoms with Gasteiger partial charge in [-0.05, 0) is 32.4 Å². The molecule has 1 aromatic carbocycles. The van der Waals surface area contributed by atoms with Gasteiger partial charge in [-0.15, -0.1) is 11.6 Å². The van der Waals surface area contributed by atoms with Crippen molar-refractivity contribution in [3.05, 3.63) is 29.3 Å². The topological polar surface area (TPSA) is 60.9 Å². The molecular formula is C13H15ClFN3O. The van der Waals surface area contributed by atoms with Gasteiger partial charge >= 0.3 is 0 Å². The van der Waals surface area contributed by atoms with E-state index in [-0.39, 0.29) is 11.7 Å². The summed E-state index contributed by atoms with van der Waals surface area (Å²) in [4.78, 5) is 15.9. The molecule has 19 heavy (non-hydrogen) atoms. The number of benzene rings is 1. The summed E-state index contributed by atoms with van der Waals surface area (Å²) in [7, 11) is 0. The highest BCUT2D eigenvalue weighted by atomic mass is 35.5. The summed E-state index contributed by atoms with van der Waals surface area (Å²) >= 11 is 5.86. The number of aryl methyl sites for hydroxylation is 1. The monoisotopic (exact) mass is 283 g/mol. The molecule has 0 fully saturated rings. The van der Waals surface area contributed by atoms with Crippen LogP contribution >= 0.6 is 11.6 Å². The van der Waals surface area contributed by atoms with E-state index in [0.717, 1.165) is 0 Å². The molecule has 4 nitrogen and oxygen atoms in total. The molecule has 1 aromatic heterocycles. The number of nitrogens with two attached hydrogens (primary N) is 1. The minimum atomic E-state index is -0.983. The smallest absolute Gasteiger partial charge is 0.243 e. The Morgan fingerprint density at radius 3 is 2.68 bits per heavy atom. The van der Waals surface area contributed by atoms with Crippen molar-refractivity contribution < 1.29 is 9.18 Å². The van der Waals surface area contributed by atoms with Gasteiger partial charge in [-0.1, -0.05) is 0 Å². The SMILES string of the molecule is Cc1cc2c(cc1F)nc(CCl)n2C(C)(C)C(N)=O. The fourth-order valence-corrected chi connectivity index (χ4v) is 2.26. The Balaban J connectivity index is 2.85. The standard InChI is InChI=1S/C13H15ClFN3O/c1-7-4-10-9(5-8(7)15)17-11(6-14)18(10)13(2,3)12(16)19/h4-5H,6H2,1-3H3,(H2,16,19). The van der Waals surface area contributed by atoms with Gasteiger partial charge in [0.1, 0.15) is 17.2 Å². The van der Waals surface area contributed by atoms with Crippen LogP contribution in [0.4, 0.5) is 4.39 Å². The van der Waals surface area contributed by atoms with Crippen molar-refractivity contribution in [2.24, 2.45) is 5.73 Å². The predicted octanol–water partition coefficient (Wildman–Crippen LogP) is 2.44. The summed E-state index contributed by atoms with van der Waals surface area (Å²) in [5.74, 6) is -0.229. The fraction of sp³-hybridized carbons (Fsp3) is 0.385. The molecule has 0 radical (unpaired) electrons. The van der Waals surface area contributed by atoms with Gasteiger partial charge in [0, 0.05) is 6.07 Å². The Bertz CT molecular complexity index is 663. The molecule has 0 bridgehead atoms. The first-order chi connectivity index (χ1) is 8.78. The van der Waals surface area contributed by atoms with E-state index in [1.54, 1.807) is 31.4 Å². The van der Waals surface area contributed by atoms with Gasteiger partial charge in [-0.25, -0.2) is 9.37 Å². The van der Waals surface area contributed by atoms with E-state index >= 15 is 0 Å². The van der Waals surface area contributed by atoms with Crippen molar-refractivity contribution in [2.45, 2.75) is 32.2 Å². The van der Waals surface area contributed by atoms with Crippen LogP contribution in [0.15, 0.2) is 12.1 Å². The third kappa shape index (κ3) is 2.08. The number of hydrogen-bond donors (Lipinski definition) is 1. The van der Waals surface area contributed by atoms with E-state index in [1.807, 2.05) is 0 Å². The van der Waals surface area contributed by atoms with Gasteiger partial charge in [0.2, 0.25) is 5.91 Å². The fourth-order valence-electron chi connectivity index (χ4n) is 2.08. The molecular weight excluding hydrogens is 269 g/mol. The van der Waals surface area contributed by atoms with Crippen molar-refractivity contribution in [1.29, 1.82) is 0 Å². The molecule has 6 heteroatoms. The first kappa shape index (κ1) is 13.8. The first-order valence-corrected chi connectivity index (χ1v) is 6.36. The minimum Gasteiger partial charge on any atom is -0.368 e. The van der Waals surface area contributed by atoms with Crippen LogP contribution in [0.3, 0.4) is 0 Å². The Morgan fingerprint density at radius 1 is 1.53 bits per heavy atom. The molecule has 102 valence electrons. The molecule has 1 amide bonds. The number of carbonyl (C=O) groups excluding carboxylic acids is 1. The van der Waals surface area contributed by atoms with Gasteiger partial charge in [0.15, 0.2) is 0 Å². The average molecular weight is 284 g/mol. The van der Waals surface area contributed by atoms with Crippen LogP contribution in [0.1, 0.15) is 25.2 Å². The van der Waals surface area contributed by atoms with Gasteiger partial charge in [-0.2, -0.15) is 0 Å². The quantitative estimate of drug-likeness (QED) is 0.880. The van der Waals surface area contributed by atoms with Crippen molar-refractivity contribution >= 4 is 28.5 Å². The van der Waals surface area contributed by atoms with Gasteiger partial charge in [-0.3, -0.25) is 4.79 Å². The summed E-state index contributed by atoms with van der Waals surface area (Å²) in [5.41, 5.74) is 6.05.